The highest BCUT2D eigenvalue weighted by Crippen LogP contribution is 2.27. The fourth-order valence-corrected chi connectivity index (χ4v) is 4.53. The first-order chi connectivity index (χ1) is 14.3. The zero-order valence-electron chi connectivity index (χ0n) is 18.9. The van der Waals surface area contributed by atoms with Gasteiger partial charge in [0.05, 0.1) is 19.1 Å². The van der Waals surface area contributed by atoms with Crippen LogP contribution < -0.4 is 10.1 Å². The number of rotatable bonds is 6. The van der Waals surface area contributed by atoms with Gasteiger partial charge in [-0.3, -0.25) is 14.5 Å². The van der Waals surface area contributed by atoms with Crippen LogP contribution in [-0.2, 0) is 9.59 Å². The summed E-state index contributed by atoms with van der Waals surface area (Å²) in [5, 5.41) is 3.20. The SMILES string of the molecule is COc1ccc(C(CNC(=O)C2CCCN(C(=O)C(C)(C)C)C2)N2CCCC2)cc1. The van der Waals surface area contributed by atoms with E-state index in [2.05, 4.69) is 22.3 Å². The largest absolute Gasteiger partial charge is 0.497 e. The molecule has 2 unspecified atom stereocenters. The summed E-state index contributed by atoms with van der Waals surface area (Å²) in [6.45, 7) is 9.81. The number of likely N-dealkylation sites (tertiary alicyclic amines) is 2. The first-order valence-corrected chi connectivity index (χ1v) is 11.2. The lowest BCUT2D eigenvalue weighted by Gasteiger charge is -2.36. The van der Waals surface area contributed by atoms with Crippen LogP contribution in [0, 0.1) is 11.3 Å². The zero-order chi connectivity index (χ0) is 21.7. The second-order valence-electron chi connectivity index (χ2n) is 9.62. The molecule has 30 heavy (non-hydrogen) atoms. The van der Waals surface area contributed by atoms with Crippen molar-refractivity contribution in [3.8, 4) is 5.75 Å². The molecule has 1 aromatic carbocycles. The second kappa shape index (κ2) is 9.82. The molecule has 0 spiro atoms. The molecule has 2 fully saturated rings. The minimum Gasteiger partial charge on any atom is -0.497 e. The quantitative estimate of drug-likeness (QED) is 0.775. The van der Waals surface area contributed by atoms with Crippen LogP contribution in [0.25, 0.3) is 0 Å². The molecular formula is C24H37N3O3. The molecule has 0 aliphatic carbocycles. The maximum Gasteiger partial charge on any atom is 0.227 e. The van der Waals surface area contributed by atoms with Crippen molar-refractivity contribution in [2.24, 2.45) is 11.3 Å². The van der Waals surface area contributed by atoms with Crippen LogP contribution in [0.3, 0.4) is 0 Å². The van der Waals surface area contributed by atoms with Crippen LogP contribution in [-0.4, -0.2) is 61.4 Å². The Kier molecular flexibility index (Phi) is 7.40. The number of nitrogens with zero attached hydrogens (tertiary/aromatic N) is 2. The van der Waals surface area contributed by atoms with Crippen LogP contribution in [0.1, 0.15) is 58.1 Å². The van der Waals surface area contributed by atoms with Crippen molar-refractivity contribution in [1.29, 1.82) is 0 Å². The van der Waals surface area contributed by atoms with Crippen molar-refractivity contribution in [2.75, 3.05) is 39.8 Å². The van der Waals surface area contributed by atoms with Gasteiger partial charge in [0, 0.05) is 25.0 Å². The Morgan fingerprint density at radius 2 is 1.77 bits per heavy atom. The monoisotopic (exact) mass is 415 g/mol. The van der Waals surface area contributed by atoms with E-state index in [1.54, 1.807) is 7.11 Å². The van der Waals surface area contributed by atoms with E-state index in [1.807, 2.05) is 37.8 Å². The van der Waals surface area contributed by atoms with Gasteiger partial charge >= 0.3 is 0 Å². The smallest absolute Gasteiger partial charge is 0.227 e. The maximum absolute atomic E-state index is 13.0. The number of amides is 2. The molecule has 2 aliphatic rings. The van der Waals surface area contributed by atoms with E-state index in [0.717, 1.165) is 38.2 Å². The summed E-state index contributed by atoms with van der Waals surface area (Å²) >= 11 is 0. The second-order valence-corrected chi connectivity index (χ2v) is 9.62. The number of carbonyl (C=O) groups is 2. The van der Waals surface area contributed by atoms with Gasteiger partial charge in [0.2, 0.25) is 11.8 Å². The van der Waals surface area contributed by atoms with E-state index in [-0.39, 0.29) is 23.8 Å². The standard InChI is InChI=1S/C24H37N3O3/c1-24(2,3)23(29)27-15-7-8-19(17-27)22(28)25-16-21(26-13-5-6-14-26)18-9-11-20(30-4)12-10-18/h9-12,19,21H,5-8,13-17H2,1-4H3,(H,25,28). The topological polar surface area (TPSA) is 61.9 Å². The number of piperidine rings is 1. The molecule has 2 amide bonds. The first-order valence-electron chi connectivity index (χ1n) is 11.2. The maximum atomic E-state index is 13.0. The summed E-state index contributed by atoms with van der Waals surface area (Å²) < 4.78 is 5.29. The Hall–Kier alpha value is -2.08. The molecule has 0 radical (unpaired) electrons. The lowest BCUT2D eigenvalue weighted by atomic mass is 9.91. The third-order valence-electron chi connectivity index (χ3n) is 6.27. The molecule has 2 heterocycles. The molecule has 6 nitrogen and oxygen atoms in total. The molecule has 0 aromatic heterocycles. The predicted octanol–water partition coefficient (Wildman–Crippen LogP) is 3.23. The molecule has 2 aliphatic heterocycles. The number of ether oxygens (including phenoxy) is 1. The average Bonchev–Trinajstić information content (AvgIpc) is 3.27. The van der Waals surface area contributed by atoms with Crippen molar-refractivity contribution in [3.05, 3.63) is 29.8 Å². The van der Waals surface area contributed by atoms with Crippen molar-refractivity contribution < 1.29 is 14.3 Å². The highest BCUT2D eigenvalue weighted by molar-refractivity contribution is 5.83. The lowest BCUT2D eigenvalue weighted by Crippen LogP contribution is -2.49. The van der Waals surface area contributed by atoms with E-state index < -0.39 is 5.41 Å². The van der Waals surface area contributed by atoms with Gasteiger partial charge in [0.25, 0.3) is 0 Å². The van der Waals surface area contributed by atoms with Crippen molar-refractivity contribution >= 4 is 11.8 Å². The Morgan fingerprint density at radius 1 is 1.10 bits per heavy atom. The summed E-state index contributed by atoms with van der Waals surface area (Å²) in [6, 6.07) is 8.32. The highest BCUT2D eigenvalue weighted by Gasteiger charge is 2.34. The van der Waals surface area contributed by atoms with E-state index in [0.29, 0.717) is 13.1 Å². The Bertz CT molecular complexity index is 720. The molecule has 3 rings (SSSR count). The molecule has 166 valence electrons. The van der Waals surface area contributed by atoms with E-state index >= 15 is 0 Å². The van der Waals surface area contributed by atoms with Gasteiger partial charge in [-0.2, -0.15) is 0 Å². The minimum atomic E-state index is -0.409. The summed E-state index contributed by atoms with van der Waals surface area (Å²) in [5.41, 5.74) is 0.791. The Labute approximate surface area is 180 Å². The molecule has 6 heteroatoms. The minimum absolute atomic E-state index is 0.0686. The Morgan fingerprint density at radius 3 is 2.37 bits per heavy atom. The van der Waals surface area contributed by atoms with Gasteiger partial charge < -0.3 is 15.0 Å². The summed E-state index contributed by atoms with van der Waals surface area (Å²) in [4.78, 5) is 29.9. The fraction of sp³-hybridized carbons (Fsp3) is 0.667. The summed E-state index contributed by atoms with van der Waals surface area (Å²) in [6.07, 6.45) is 4.13. The number of carbonyl (C=O) groups excluding carboxylic acids is 2. The molecule has 2 saturated heterocycles. The van der Waals surface area contributed by atoms with Crippen LogP contribution in [0.2, 0.25) is 0 Å². The van der Waals surface area contributed by atoms with E-state index in [4.69, 9.17) is 4.74 Å². The number of hydrogen-bond donors (Lipinski definition) is 1. The number of hydrogen-bond acceptors (Lipinski definition) is 4. The van der Waals surface area contributed by atoms with Crippen LogP contribution in [0.4, 0.5) is 0 Å². The van der Waals surface area contributed by atoms with Crippen molar-refractivity contribution in [2.45, 2.75) is 52.5 Å². The molecule has 1 N–H and O–H groups in total. The summed E-state index contributed by atoms with van der Waals surface area (Å²) in [5.74, 6) is 0.918. The van der Waals surface area contributed by atoms with Crippen LogP contribution >= 0.6 is 0 Å². The van der Waals surface area contributed by atoms with Gasteiger partial charge in [0.1, 0.15) is 5.75 Å². The van der Waals surface area contributed by atoms with Gasteiger partial charge in [-0.1, -0.05) is 32.9 Å². The van der Waals surface area contributed by atoms with Gasteiger partial charge in [-0.15, -0.1) is 0 Å². The van der Waals surface area contributed by atoms with Gasteiger partial charge in [-0.25, -0.2) is 0 Å². The number of benzene rings is 1. The molecule has 1 aromatic rings. The normalized spacial score (nSPS) is 21.3. The third-order valence-corrected chi connectivity index (χ3v) is 6.27. The molecule has 2 atom stereocenters. The molecule has 0 bridgehead atoms. The lowest BCUT2D eigenvalue weighted by molar-refractivity contribution is -0.142. The summed E-state index contributed by atoms with van der Waals surface area (Å²) in [7, 11) is 1.67. The highest BCUT2D eigenvalue weighted by atomic mass is 16.5. The van der Waals surface area contributed by atoms with E-state index in [1.165, 1.54) is 18.4 Å². The van der Waals surface area contributed by atoms with Gasteiger partial charge in [-0.05, 0) is 56.5 Å². The Balaban J connectivity index is 1.63. The van der Waals surface area contributed by atoms with E-state index in [9.17, 15) is 9.59 Å². The third kappa shape index (κ3) is 5.54. The van der Waals surface area contributed by atoms with Crippen LogP contribution in [0.5, 0.6) is 5.75 Å². The van der Waals surface area contributed by atoms with Crippen molar-refractivity contribution in [1.82, 2.24) is 15.1 Å². The van der Waals surface area contributed by atoms with Gasteiger partial charge in [0.15, 0.2) is 0 Å². The first kappa shape index (κ1) is 22.6. The molecular weight excluding hydrogens is 378 g/mol. The number of nitrogens with one attached hydrogen (secondary N) is 1. The van der Waals surface area contributed by atoms with Crippen LogP contribution in [0.15, 0.2) is 24.3 Å². The fourth-order valence-electron chi connectivity index (χ4n) is 4.53. The predicted molar refractivity (Wildman–Crippen MR) is 118 cm³/mol. The zero-order valence-corrected chi connectivity index (χ0v) is 18.9. The van der Waals surface area contributed by atoms with Crippen molar-refractivity contribution in [3.63, 3.8) is 0 Å². The molecule has 0 saturated carbocycles. The average molecular weight is 416 g/mol. The number of methoxy groups -OCH3 is 1.